The maximum atomic E-state index is 10.5. The van der Waals surface area contributed by atoms with E-state index in [9.17, 15) is 9.59 Å². The lowest BCUT2D eigenvalue weighted by Crippen LogP contribution is -2.17. The van der Waals surface area contributed by atoms with Crippen LogP contribution in [0, 0.1) is 0 Å². The summed E-state index contributed by atoms with van der Waals surface area (Å²) in [6.45, 7) is 3.79. The summed E-state index contributed by atoms with van der Waals surface area (Å²) < 4.78 is 0. The molecule has 0 aromatic heterocycles. The molecule has 0 fully saturated rings. The average Bonchev–Trinajstić information content (AvgIpc) is 2.52. The molecule has 144 valence electrons. The predicted molar refractivity (Wildman–Crippen MR) is 106 cm³/mol. The van der Waals surface area contributed by atoms with Gasteiger partial charge >= 0.3 is 0 Å². The number of halogens is 1. The lowest BCUT2D eigenvalue weighted by molar-refractivity contribution is -0.126. The Morgan fingerprint density at radius 3 is 1.25 bits per heavy atom. The maximum absolute atomic E-state index is 10.5. The standard InChI is InChI=1S/C16H31ClO.C4H9NO/c1-2-3-4-5-6-7-8-9-10-11-12-13-14-15-16(17)18;1-4(6)5(2)3/h2-15H2,1H3;1-3H3. The van der Waals surface area contributed by atoms with Gasteiger partial charge in [-0.3, -0.25) is 9.59 Å². The van der Waals surface area contributed by atoms with Gasteiger partial charge in [-0.1, -0.05) is 84.0 Å². The third-order valence-corrected chi connectivity index (χ3v) is 4.30. The fourth-order valence-corrected chi connectivity index (χ4v) is 2.42. The van der Waals surface area contributed by atoms with Gasteiger partial charge in [0.05, 0.1) is 0 Å². The Balaban J connectivity index is 0. The molecule has 3 nitrogen and oxygen atoms in total. The molecule has 0 aromatic rings. The van der Waals surface area contributed by atoms with Crippen molar-refractivity contribution >= 4 is 22.8 Å². The molecule has 0 atom stereocenters. The van der Waals surface area contributed by atoms with Gasteiger partial charge in [0.15, 0.2) is 0 Å². The first kappa shape index (κ1) is 25.7. The van der Waals surface area contributed by atoms with Crippen LogP contribution in [0.2, 0.25) is 0 Å². The SMILES string of the molecule is CC(=O)N(C)C.CCCCCCCCCCCCCCCC(=O)Cl. The summed E-state index contributed by atoms with van der Waals surface area (Å²) in [4.78, 5) is 22.1. The number of nitrogens with zero attached hydrogens (tertiary/aromatic N) is 1. The molecule has 0 aromatic carbocycles. The molecule has 0 heterocycles. The minimum atomic E-state index is -0.182. The fraction of sp³-hybridized carbons (Fsp3) is 0.900. The van der Waals surface area contributed by atoms with E-state index < -0.39 is 0 Å². The van der Waals surface area contributed by atoms with E-state index in [0.717, 1.165) is 12.8 Å². The predicted octanol–water partition coefficient (Wildman–Crippen LogP) is 6.33. The highest BCUT2D eigenvalue weighted by molar-refractivity contribution is 6.63. The van der Waals surface area contributed by atoms with E-state index in [-0.39, 0.29) is 11.1 Å². The number of hydrogen-bond donors (Lipinski definition) is 0. The van der Waals surface area contributed by atoms with Crippen LogP contribution in [0.4, 0.5) is 0 Å². The van der Waals surface area contributed by atoms with Crippen LogP contribution in [0.15, 0.2) is 0 Å². The van der Waals surface area contributed by atoms with Gasteiger partial charge in [0.2, 0.25) is 11.1 Å². The van der Waals surface area contributed by atoms with E-state index in [0.29, 0.717) is 6.42 Å². The zero-order valence-corrected chi connectivity index (χ0v) is 17.3. The zero-order chi connectivity index (χ0) is 18.6. The molecule has 0 saturated heterocycles. The minimum Gasteiger partial charge on any atom is -0.349 e. The first-order valence-corrected chi connectivity index (χ1v) is 10.2. The maximum Gasteiger partial charge on any atom is 0.221 e. The Kier molecular flexibility index (Phi) is 21.9. The lowest BCUT2D eigenvalue weighted by atomic mass is 10.0. The van der Waals surface area contributed by atoms with Crippen molar-refractivity contribution < 1.29 is 9.59 Å². The van der Waals surface area contributed by atoms with Crippen LogP contribution in [-0.2, 0) is 9.59 Å². The van der Waals surface area contributed by atoms with Crippen molar-refractivity contribution in [3.63, 3.8) is 0 Å². The molecular formula is C20H40ClNO2. The van der Waals surface area contributed by atoms with Crippen molar-refractivity contribution in [2.75, 3.05) is 14.1 Å². The summed E-state index contributed by atoms with van der Waals surface area (Å²) in [6, 6.07) is 0. The van der Waals surface area contributed by atoms with Gasteiger partial charge in [-0.05, 0) is 18.0 Å². The van der Waals surface area contributed by atoms with Crippen molar-refractivity contribution in [2.45, 2.75) is 104 Å². The summed E-state index contributed by atoms with van der Waals surface area (Å²) in [5.41, 5.74) is 0. The molecule has 0 aliphatic rings. The van der Waals surface area contributed by atoms with Gasteiger partial charge in [0, 0.05) is 27.4 Å². The van der Waals surface area contributed by atoms with Crippen LogP contribution in [0.1, 0.15) is 104 Å². The van der Waals surface area contributed by atoms with Gasteiger partial charge in [0.1, 0.15) is 0 Å². The van der Waals surface area contributed by atoms with Crippen molar-refractivity contribution in [2.24, 2.45) is 0 Å². The molecule has 0 saturated carbocycles. The molecule has 24 heavy (non-hydrogen) atoms. The molecule has 0 aliphatic heterocycles. The molecule has 0 spiro atoms. The lowest BCUT2D eigenvalue weighted by Gasteiger charge is -2.02. The molecule has 1 amide bonds. The first-order chi connectivity index (χ1) is 11.4. The Hall–Kier alpha value is -0.570. The second-order valence-corrected chi connectivity index (χ2v) is 7.18. The molecule has 0 N–H and O–H groups in total. The Labute approximate surface area is 155 Å². The second kappa shape index (κ2) is 20.5. The van der Waals surface area contributed by atoms with Crippen molar-refractivity contribution in [3.05, 3.63) is 0 Å². The largest absolute Gasteiger partial charge is 0.349 e. The van der Waals surface area contributed by atoms with E-state index in [4.69, 9.17) is 11.6 Å². The molecule has 4 heteroatoms. The highest BCUT2D eigenvalue weighted by atomic mass is 35.5. The van der Waals surface area contributed by atoms with Crippen molar-refractivity contribution in [1.82, 2.24) is 4.90 Å². The number of carbonyl (C=O) groups excluding carboxylic acids is 2. The fourth-order valence-electron chi connectivity index (χ4n) is 2.28. The van der Waals surface area contributed by atoms with E-state index in [1.807, 2.05) is 0 Å². The summed E-state index contributed by atoms with van der Waals surface area (Å²) in [6.07, 6.45) is 17.9. The van der Waals surface area contributed by atoms with Gasteiger partial charge in [0.25, 0.3) is 0 Å². The van der Waals surface area contributed by atoms with Crippen LogP contribution in [0.3, 0.4) is 0 Å². The topological polar surface area (TPSA) is 37.4 Å². The average molecular weight is 362 g/mol. The Bertz CT molecular complexity index is 293. The Morgan fingerprint density at radius 1 is 0.708 bits per heavy atom. The third kappa shape index (κ3) is 26.3. The van der Waals surface area contributed by atoms with Crippen LogP contribution < -0.4 is 0 Å². The summed E-state index contributed by atoms with van der Waals surface area (Å²) >= 11 is 5.28. The number of rotatable bonds is 14. The van der Waals surface area contributed by atoms with Gasteiger partial charge < -0.3 is 4.90 Å². The van der Waals surface area contributed by atoms with Crippen LogP contribution in [-0.4, -0.2) is 30.1 Å². The monoisotopic (exact) mass is 361 g/mol. The van der Waals surface area contributed by atoms with Crippen LogP contribution in [0.25, 0.3) is 0 Å². The first-order valence-electron chi connectivity index (χ1n) is 9.78. The van der Waals surface area contributed by atoms with Gasteiger partial charge in [-0.15, -0.1) is 0 Å². The normalized spacial score (nSPS) is 10.0. The highest BCUT2D eigenvalue weighted by Crippen LogP contribution is 2.13. The molecule has 0 radical (unpaired) electrons. The van der Waals surface area contributed by atoms with Gasteiger partial charge in [-0.25, -0.2) is 0 Å². The quantitative estimate of drug-likeness (QED) is 0.268. The molecular weight excluding hydrogens is 322 g/mol. The van der Waals surface area contributed by atoms with Crippen LogP contribution >= 0.6 is 11.6 Å². The van der Waals surface area contributed by atoms with E-state index in [1.165, 1.54) is 82.5 Å². The van der Waals surface area contributed by atoms with Crippen molar-refractivity contribution in [1.29, 1.82) is 0 Å². The number of hydrogen-bond acceptors (Lipinski definition) is 2. The van der Waals surface area contributed by atoms with E-state index >= 15 is 0 Å². The third-order valence-electron chi connectivity index (χ3n) is 4.11. The highest BCUT2D eigenvalue weighted by Gasteiger charge is 1.96. The minimum absolute atomic E-state index is 0.0926. The van der Waals surface area contributed by atoms with Crippen molar-refractivity contribution in [3.8, 4) is 0 Å². The second-order valence-electron chi connectivity index (χ2n) is 6.76. The molecule has 0 bridgehead atoms. The number of amides is 1. The summed E-state index contributed by atoms with van der Waals surface area (Å²) in [5.74, 6) is 0.0926. The number of carbonyl (C=O) groups is 2. The van der Waals surface area contributed by atoms with E-state index in [1.54, 1.807) is 14.1 Å². The number of unbranched alkanes of at least 4 members (excludes halogenated alkanes) is 12. The van der Waals surface area contributed by atoms with Gasteiger partial charge in [-0.2, -0.15) is 0 Å². The van der Waals surface area contributed by atoms with Crippen LogP contribution in [0.5, 0.6) is 0 Å². The molecule has 0 rings (SSSR count). The van der Waals surface area contributed by atoms with E-state index in [2.05, 4.69) is 6.92 Å². The summed E-state index contributed by atoms with van der Waals surface area (Å²) in [5, 5.41) is -0.182. The Morgan fingerprint density at radius 2 is 1.00 bits per heavy atom. The molecule has 0 unspecified atom stereocenters. The smallest absolute Gasteiger partial charge is 0.221 e. The summed E-state index contributed by atoms with van der Waals surface area (Å²) in [7, 11) is 3.45. The zero-order valence-electron chi connectivity index (χ0n) is 16.5. The molecule has 0 aliphatic carbocycles.